The van der Waals surface area contributed by atoms with Gasteiger partial charge in [0.15, 0.2) is 0 Å². The van der Waals surface area contributed by atoms with E-state index >= 15 is 0 Å². The van der Waals surface area contributed by atoms with Crippen LogP contribution in [0.4, 0.5) is 4.79 Å². The van der Waals surface area contributed by atoms with Gasteiger partial charge in [0, 0.05) is 50.2 Å². The van der Waals surface area contributed by atoms with Crippen molar-refractivity contribution >= 4 is 29.4 Å². The van der Waals surface area contributed by atoms with Gasteiger partial charge in [-0.25, -0.2) is 4.79 Å². The predicted molar refractivity (Wildman–Crippen MR) is 89.3 cm³/mol. The van der Waals surface area contributed by atoms with E-state index in [0.29, 0.717) is 52.5 Å². The second-order valence-corrected chi connectivity index (χ2v) is 6.52. The van der Waals surface area contributed by atoms with Gasteiger partial charge in [-0.2, -0.15) is 0 Å². The molecule has 7 heteroatoms. The first-order valence-corrected chi connectivity index (χ1v) is 8.74. The van der Waals surface area contributed by atoms with E-state index in [9.17, 15) is 9.59 Å². The number of thiophene rings is 1. The highest BCUT2D eigenvalue weighted by Gasteiger charge is 2.27. The number of urea groups is 1. The number of hydrogen-bond donors (Lipinski definition) is 0. The molecule has 2 saturated heterocycles. The van der Waals surface area contributed by atoms with Gasteiger partial charge < -0.3 is 19.4 Å². The van der Waals surface area contributed by atoms with Crippen LogP contribution in [0.15, 0.2) is 23.6 Å². The van der Waals surface area contributed by atoms with Crippen LogP contribution in [-0.4, -0.2) is 79.1 Å². The molecule has 0 atom stereocenters. The molecule has 2 aliphatic heterocycles. The average Bonchev–Trinajstić information content (AvgIpc) is 3.13. The molecule has 0 spiro atoms. The SMILES string of the molecule is O=C(/C=C/c1cccs1)N1CCN(C(=O)N2CCOCC2)CC1. The quantitative estimate of drug-likeness (QED) is 0.767. The highest BCUT2D eigenvalue weighted by Crippen LogP contribution is 2.12. The Bertz CT molecular complexity index is 559. The third-order valence-electron chi connectivity index (χ3n) is 4.08. The van der Waals surface area contributed by atoms with Gasteiger partial charge in [-0.05, 0) is 17.5 Å². The van der Waals surface area contributed by atoms with Crippen molar-refractivity contribution in [1.82, 2.24) is 14.7 Å². The summed E-state index contributed by atoms with van der Waals surface area (Å²) >= 11 is 1.61. The van der Waals surface area contributed by atoms with Crippen LogP contribution in [0.2, 0.25) is 0 Å². The van der Waals surface area contributed by atoms with E-state index in [2.05, 4.69) is 0 Å². The summed E-state index contributed by atoms with van der Waals surface area (Å²) in [5, 5.41) is 1.99. The minimum atomic E-state index is 0.0110. The maximum absolute atomic E-state index is 12.4. The molecule has 3 amide bonds. The predicted octanol–water partition coefficient (Wildman–Crippen LogP) is 1.36. The van der Waals surface area contributed by atoms with Crippen LogP contribution in [-0.2, 0) is 9.53 Å². The number of rotatable bonds is 2. The molecule has 0 aromatic carbocycles. The molecule has 0 aliphatic carbocycles. The Morgan fingerprint density at radius 1 is 1.00 bits per heavy atom. The van der Waals surface area contributed by atoms with E-state index in [1.807, 2.05) is 33.4 Å². The van der Waals surface area contributed by atoms with Gasteiger partial charge >= 0.3 is 6.03 Å². The Morgan fingerprint density at radius 2 is 1.65 bits per heavy atom. The molecule has 124 valence electrons. The van der Waals surface area contributed by atoms with Crippen molar-refractivity contribution in [3.63, 3.8) is 0 Å². The summed E-state index contributed by atoms with van der Waals surface area (Å²) in [7, 11) is 0. The number of nitrogens with zero attached hydrogens (tertiary/aromatic N) is 3. The normalized spacial score (nSPS) is 19.4. The minimum absolute atomic E-state index is 0.0110. The minimum Gasteiger partial charge on any atom is -0.378 e. The van der Waals surface area contributed by atoms with Crippen molar-refractivity contribution in [3.8, 4) is 0 Å². The van der Waals surface area contributed by atoms with Crippen LogP contribution < -0.4 is 0 Å². The maximum Gasteiger partial charge on any atom is 0.320 e. The van der Waals surface area contributed by atoms with Crippen LogP contribution in [0, 0.1) is 0 Å². The summed E-state index contributed by atoms with van der Waals surface area (Å²) in [4.78, 5) is 31.1. The van der Waals surface area contributed by atoms with Gasteiger partial charge in [-0.3, -0.25) is 4.79 Å². The van der Waals surface area contributed by atoms with E-state index < -0.39 is 0 Å². The van der Waals surface area contributed by atoms with Gasteiger partial charge in [0.25, 0.3) is 0 Å². The Balaban J connectivity index is 1.47. The topological polar surface area (TPSA) is 53.1 Å². The molecular weight excluding hydrogens is 314 g/mol. The molecule has 0 N–H and O–H groups in total. The van der Waals surface area contributed by atoms with Crippen molar-refractivity contribution in [1.29, 1.82) is 0 Å². The van der Waals surface area contributed by atoms with E-state index in [-0.39, 0.29) is 11.9 Å². The van der Waals surface area contributed by atoms with E-state index in [0.717, 1.165) is 4.88 Å². The van der Waals surface area contributed by atoms with Crippen LogP contribution in [0.5, 0.6) is 0 Å². The van der Waals surface area contributed by atoms with Crippen molar-refractivity contribution in [2.24, 2.45) is 0 Å². The van der Waals surface area contributed by atoms with E-state index in [1.165, 1.54) is 0 Å². The lowest BCUT2D eigenvalue weighted by Gasteiger charge is -2.38. The van der Waals surface area contributed by atoms with Crippen LogP contribution in [0.1, 0.15) is 4.88 Å². The van der Waals surface area contributed by atoms with Gasteiger partial charge in [0.2, 0.25) is 5.91 Å². The average molecular weight is 335 g/mol. The first kappa shape index (κ1) is 16.0. The molecule has 3 rings (SSSR count). The maximum atomic E-state index is 12.4. The third kappa shape index (κ3) is 4.11. The summed E-state index contributed by atoms with van der Waals surface area (Å²) in [5.74, 6) is 0.0110. The fourth-order valence-electron chi connectivity index (χ4n) is 2.72. The molecule has 1 aromatic heterocycles. The number of carbonyl (C=O) groups excluding carboxylic acids is 2. The summed E-state index contributed by atoms with van der Waals surface area (Å²) < 4.78 is 5.27. The zero-order valence-corrected chi connectivity index (χ0v) is 13.8. The number of carbonyl (C=O) groups is 2. The molecule has 0 saturated carbocycles. The Kier molecular flexibility index (Phi) is 5.30. The molecule has 2 aliphatic rings. The van der Waals surface area contributed by atoms with Gasteiger partial charge in [-0.15, -0.1) is 11.3 Å². The van der Waals surface area contributed by atoms with Gasteiger partial charge in [0.1, 0.15) is 0 Å². The lowest BCUT2D eigenvalue weighted by Crippen LogP contribution is -2.55. The Hall–Kier alpha value is -1.86. The zero-order valence-electron chi connectivity index (χ0n) is 13.0. The Labute approximate surface area is 139 Å². The van der Waals surface area contributed by atoms with Crippen LogP contribution >= 0.6 is 11.3 Å². The molecule has 0 unspecified atom stereocenters. The first-order valence-electron chi connectivity index (χ1n) is 7.86. The van der Waals surface area contributed by atoms with Crippen LogP contribution in [0.25, 0.3) is 6.08 Å². The molecule has 0 bridgehead atoms. The first-order chi connectivity index (χ1) is 11.2. The number of hydrogen-bond acceptors (Lipinski definition) is 4. The van der Waals surface area contributed by atoms with Crippen molar-refractivity contribution in [2.45, 2.75) is 0 Å². The second-order valence-electron chi connectivity index (χ2n) is 5.54. The lowest BCUT2D eigenvalue weighted by molar-refractivity contribution is -0.127. The number of amides is 3. The Morgan fingerprint density at radius 3 is 2.30 bits per heavy atom. The molecule has 23 heavy (non-hydrogen) atoms. The fraction of sp³-hybridized carbons (Fsp3) is 0.500. The molecular formula is C16H21N3O3S. The summed E-state index contributed by atoms with van der Waals surface area (Å²) in [5.41, 5.74) is 0. The smallest absolute Gasteiger partial charge is 0.320 e. The highest BCUT2D eigenvalue weighted by atomic mass is 32.1. The van der Waals surface area contributed by atoms with Gasteiger partial charge in [-0.1, -0.05) is 6.07 Å². The second kappa shape index (κ2) is 7.61. The van der Waals surface area contributed by atoms with Crippen molar-refractivity contribution in [2.75, 3.05) is 52.5 Å². The van der Waals surface area contributed by atoms with E-state index in [4.69, 9.17) is 4.74 Å². The van der Waals surface area contributed by atoms with Crippen molar-refractivity contribution in [3.05, 3.63) is 28.5 Å². The fourth-order valence-corrected chi connectivity index (χ4v) is 3.34. The zero-order chi connectivity index (χ0) is 16.1. The number of piperazine rings is 1. The van der Waals surface area contributed by atoms with Crippen LogP contribution in [0.3, 0.4) is 0 Å². The lowest BCUT2D eigenvalue weighted by atomic mass is 10.3. The standard InChI is InChI=1S/C16H21N3O3S/c20-15(4-3-14-2-1-13-23-14)17-5-7-18(8-6-17)16(21)19-9-11-22-12-10-19/h1-4,13H,5-12H2/b4-3+. The summed E-state index contributed by atoms with van der Waals surface area (Å²) in [6, 6.07) is 4.01. The molecule has 1 aromatic rings. The summed E-state index contributed by atoms with van der Waals surface area (Å²) in [6.45, 7) is 4.88. The molecule has 0 radical (unpaired) electrons. The number of ether oxygens (including phenoxy) is 1. The van der Waals surface area contributed by atoms with Gasteiger partial charge in [0.05, 0.1) is 13.2 Å². The third-order valence-corrected chi connectivity index (χ3v) is 4.91. The van der Waals surface area contributed by atoms with Crippen molar-refractivity contribution < 1.29 is 14.3 Å². The molecule has 3 heterocycles. The highest BCUT2D eigenvalue weighted by molar-refractivity contribution is 7.10. The van der Waals surface area contributed by atoms with E-state index in [1.54, 1.807) is 22.3 Å². The number of morpholine rings is 1. The molecule has 6 nitrogen and oxygen atoms in total. The summed E-state index contributed by atoms with van der Waals surface area (Å²) in [6.07, 6.45) is 3.46. The molecule has 2 fully saturated rings. The monoisotopic (exact) mass is 335 g/mol. The largest absolute Gasteiger partial charge is 0.378 e.